The standard InChI is InChI=1S/C9H16O/c1-2-3-7-4-5-8-9(6-7)10-8/h7-9H,2-6H2,1H3/t7?,8-,9?/m1/s1. The molecule has 2 rings (SSSR count). The summed E-state index contributed by atoms with van der Waals surface area (Å²) in [4.78, 5) is 0. The van der Waals surface area contributed by atoms with Crippen molar-refractivity contribution in [3.63, 3.8) is 0 Å². The molecule has 2 unspecified atom stereocenters. The van der Waals surface area contributed by atoms with Gasteiger partial charge in [-0.25, -0.2) is 0 Å². The van der Waals surface area contributed by atoms with Crippen LogP contribution in [0.15, 0.2) is 0 Å². The summed E-state index contributed by atoms with van der Waals surface area (Å²) in [5.41, 5.74) is 0. The number of fused-ring (bicyclic) bond motifs is 1. The summed E-state index contributed by atoms with van der Waals surface area (Å²) < 4.78 is 5.45. The molecule has 1 nitrogen and oxygen atoms in total. The molecule has 2 fully saturated rings. The molecule has 1 saturated carbocycles. The predicted molar refractivity (Wildman–Crippen MR) is 40.9 cm³/mol. The number of epoxide rings is 1. The number of rotatable bonds is 2. The molecule has 0 spiro atoms. The maximum atomic E-state index is 5.45. The normalized spacial score (nSPS) is 44.7. The Labute approximate surface area is 62.8 Å². The lowest BCUT2D eigenvalue weighted by atomic mass is 9.86. The summed E-state index contributed by atoms with van der Waals surface area (Å²) in [7, 11) is 0. The summed E-state index contributed by atoms with van der Waals surface area (Å²) in [6.45, 7) is 2.28. The van der Waals surface area contributed by atoms with Gasteiger partial charge in [0.05, 0.1) is 12.2 Å². The van der Waals surface area contributed by atoms with E-state index in [1.807, 2.05) is 0 Å². The van der Waals surface area contributed by atoms with E-state index in [-0.39, 0.29) is 0 Å². The highest BCUT2D eigenvalue weighted by atomic mass is 16.6. The smallest absolute Gasteiger partial charge is 0.0844 e. The summed E-state index contributed by atoms with van der Waals surface area (Å²) >= 11 is 0. The van der Waals surface area contributed by atoms with Gasteiger partial charge in [-0.3, -0.25) is 0 Å². The highest BCUT2D eigenvalue weighted by Gasteiger charge is 2.43. The molecule has 1 heterocycles. The molecule has 2 aliphatic rings. The highest BCUT2D eigenvalue weighted by Crippen LogP contribution is 2.40. The van der Waals surface area contributed by atoms with Gasteiger partial charge < -0.3 is 4.74 Å². The van der Waals surface area contributed by atoms with Crippen LogP contribution < -0.4 is 0 Å². The van der Waals surface area contributed by atoms with E-state index in [0.717, 1.165) is 5.92 Å². The number of hydrogen-bond donors (Lipinski definition) is 0. The van der Waals surface area contributed by atoms with Crippen molar-refractivity contribution < 1.29 is 4.74 Å². The van der Waals surface area contributed by atoms with Gasteiger partial charge in [-0.2, -0.15) is 0 Å². The fourth-order valence-electron chi connectivity index (χ4n) is 2.16. The van der Waals surface area contributed by atoms with Crippen LogP contribution in [-0.2, 0) is 4.74 Å². The molecule has 0 N–H and O–H groups in total. The average molecular weight is 140 g/mol. The molecule has 0 aromatic carbocycles. The van der Waals surface area contributed by atoms with Crippen molar-refractivity contribution in [3.8, 4) is 0 Å². The van der Waals surface area contributed by atoms with Gasteiger partial charge in [0.15, 0.2) is 0 Å². The Kier molecular flexibility index (Phi) is 1.69. The first kappa shape index (κ1) is 6.66. The Morgan fingerprint density at radius 3 is 2.90 bits per heavy atom. The molecule has 0 bridgehead atoms. The molecule has 0 amide bonds. The van der Waals surface area contributed by atoms with E-state index in [9.17, 15) is 0 Å². The van der Waals surface area contributed by atoms with Crippen LogP contribution in [0.1, 0.15) is 39.0 Å². The zero-order valence-electron chi connectivity index (χ0n) is 6.68. The van der Waals surface area contributed by atoms with Crippen molar-refractivity contribution >= 4 is 0 Å². The molecule has 1 saturated heterocycles. The second-order valence-electron chi connectivity index (χ2n) is 3.68. The monoisotopic (exact) mass is 140 g/mol. The minimum atomic E-state index is 0.685. The van der Waals surface area contributed by atoms with Crippen LogP contribution in [0.25, 0.3) is 0 Å². The highest BCUT2D eigenvalue weighted by molar-refractivity contribution is 4.91. The zero-order valence-corrected chi connectivity index (χ0v) is 6.68. The Morgan fingerprint density at radius 2 is 2.20 bits per heavy atom. The molecule has 3 atom stereocenters. The van der Waals surface area contributed by atoms with Gasteiger partial charge in [-0.1, -0.05) is 19.8 Å². The molecule has 0 radical (unpaired) electrons. The summed E-state index contributed by atoms with van der Waals surface area (Å²) in [5, 5.41) is 0. The Balaban J connectivity index is 1.77. The second kappa shape index (κ2) is 2.54. The summed E-state index contributed by atoms with van der Waals surface area (Å²) in [5.74, 6) is 0.994. The van der Waals surface area contributed by atoms with Gasteiger partial charge in [0.2, 0.25) is 0 Å². The molecule has 1 aliphatic carbocycles. The fourth-order valence-corrected chi connectivity index (χ4v) is 2.16. The minimum Gasteiger partial charge on any atom is -0.370 e. The summed E-state index contributed by atoms with van der Waals surface area (Å²) in [6, 6.07) is 0. The molecule has 1 heteroatoms. The maximum Gasteiger partial charge on any atom is 0.0844 e. The van der Waals surface area contributed by atoms with Crippen LogP contribution >= 0.6 is 0 Å². The van der Waals surface area contributed by atoms with E-state index < -0.39 is 0 Å². The van der Waals surface area contributed by atoms with Crippen molar-refractivity contribution in [3.05, 3.63) is 0 Å². The first-order chi connectivity index (χ1) is 4.90. The van der Waals surface area contributed by atoms with Crippen LogP contribution in [0, 0.1) is 5.92 Å². The third-order valence-corrected chi connectivity index (χ3v) is 2.81. The van der Waals surface area contributed by atoms with E-state index in [1.165, 1.54) is 32.1 Å². The van der Waals surface area contributed by atoms with E-state index in [0.29, 0.717) is 12.2 Å². The predicted octanol–water partition coefficient (Wildman–Crippen LogP) is 2.35. The third kappa shape index (κ3) is 1.20. The van der Waals surface area contributed by atoms with E-state index in [4.69, 9.17) is 4.74 Å². The molecular weight excluding hydrogens is 124 g/mol. The zero-order chi connectivity index (χ0) is 6.97. The molecular formula is C9H16O. The first-order valence-electron chi connectivity index (χ1n) is 4.55. The average Bonchev–Trinajstić information content (AvgIpc) is 2.66. The largest absolute Gasteiger partial charge is 0.370 e. The van der Waals surface area contributed by atoms with E-state index in [2.05, 4.69) is 6.92 Å². The van der Waals surface area contributed by atoms with Crippen molar-refractivity contribution in [2.24, 2.45) is 5.92 Å². The lowest BCUT2D eigenvalue weighted by Gasteiger charge is -2.17. The lowest BCUT2D eigenvalue weighted by Crippen LogP contribution is -2.12. The molecule has 1 aliphatic heterocycles. The van der Waals surface area contributed by atoms with Crippen LogP contribution in [-0.4, -0.2) is 12.2 Å². The van der Waals surface area contributed by atoms with Gasteiger partial charge >= 0.3 is 0 Å². The Hall–Kier alpha value is -0.0400. The fraction of sp³-hybridized carbons (Fsp3) is 1.00. The van der Waals surface area contributed by atoms with Gasteiger partial charge in [-0.15, -0.1) is 0 Å². The lowest BCUT2D eigenvalue weighted by molar-refractivity contribution is 0.350. The molecule has 58 valence electrons. The number of ether oxygens (including phenoxy) is 1. The van der Waals surface area contributed by atoms with Crippen LogP contribution in [0.5, 0.6) is 0 Å². The van der Waals surface area contributed by atoms with Gasteiger partial charge in [-0.05, 0) is 25.2 Å². The van der Waals surface area contributed by atoms with Gasteiger partial charge in [0, 0.05) is 0 Å². The van der Waals surface area contributed by atoms with E-state index in [1.54, 1.807) is 0 Å². The van der Waals surface area contributed by atoms with Crippen LogP contribution in [0.4, 0.5) is 0 Å². The summed E-state index contributed by atoms with van der Waals surface area (Å²) in [6.07, 6.45) is 8.27. The van der Waals surface area contributed by atoms with Crippen molar-refractivity contribution in [2.75, 3.05) is 0 Å². The van der Waals surface area contributed by atoms with Gasteiger partial charge in [0.25, 0.3) is 0 Å². The Morgan fingerprint density at radius 1 is 1.30 bits per heavy atom. The van der Waals surface area contributed by atoms with Crippen LogP contribution in [0.3, 0.4) is 0 Å². The molecule has 0 aromatic rings. The Bertz CT molecular complexity index is 122. The molecule has 10 heavy (non-hydrogen) atoms. The van der Waals surface area contributed by atoms with Crippen molar-refractivity contribution in [1.29, 1.82) is 0 Å². The van der Waals surface area contributed by atoms with Crippen molar-refractivity contribution in [2.45, 2.75) is 51.2 Å². The minimum absolute atomic E-state index is 0.685. The van der Waals surface area contributed by atoms with Gasteiger partial charge in [0.1, 0.15) is 0 Å². The topological polar surface area (TPSA) is 12.5 Å². The maximum absolute atomic E-state index is 5.45. The van der Waals surface area contributed by atoms with Crippen LogP contribution in [0.2, 0.25) is 0 Å². The SMILES string of the molecule is CCCC1CC[C@H]2OC2C1. The van der Waals surface area contributed by atoms with Crippen molar-refractivity contribution in [1.82, 2.24) is 0 Å². The second-order valence-corrected chi connectivity index (χ2v) is 3.68. The number of hydrogen-bond acceptors (Lipinski definition) is 1. The first-order valence-corrected chi connectivity index (χ1v) is 4.55. The van der Waals surface area contributed by atoms with E-state index >= 15 is 0 Å². The quantitative estimate of drug-likeness (QED) is 0.536. The molecule has 0 aromatic heterocycles. The third-order valence-electron chi connectivity index (χ3n) is 2.81.